The van der Waals surface area contributed by atoms with Crippen molar-refractivity contribution in [1.82, 2.24) is 5.32 Å². The summed E-state index contributed by atoms with van der Waals surface area (Å²) in [5.41, 5.74) is 4.31. The Morgan fingerprint density at radius 2 is 1.83 bits per heavy atom. The minimum atomic E-state index is 0.0157. The summed E-state index contributed by atoms with van der Waals surface area (Å²) in [4.78, 5) is 12.2. The fraction of sp³-hybridized carbons (Fsp3) is 0.381. The van der Waals surface area contributed by atoms with Crippen molar-refractivity contribution in [2.45, 2.75) is 46.1 Å². The van der Waals surface area contributed by atoms with E-state index in [2.05, 4.69) is 48.7 Å². The van der Waals surface area contributed by atoms with Gasteiger partial charge in [0.2, 0.25) is 0 Å². The van der Waals surface area contributed by atoms with Crippen LogP contribution in [0.2, 0.25) is 0 Å². The van der Waals surface area contributed by atoms with Crippen LogP contribution in [-0.4, -0.2) is 12.5 Å². The quantitative estimate of drug-likeness (QED) is 0.652. The molecule has 0 radical (unpaired) electrons. The highest BCUT2D eigenvalue weighted by molar-refractivity contribution is 5.94. The molecule has 2 aromatic rings. The van der Waals surface area contributed by atoms with Gasteiger partial charge in [0, 0.05) is 24.3 Å². The summed E-state index contributed by atoms with van der Waals surface area (Å²) in [6, 6.07) is 16.2. The molecule has 2 aromatic carbocycles. The van der Waals surface area contributed by atoms with Gasteiger partial charge in [0.25, 0.3) is 5.91 Å². The second kappa shape index (κ2) is 9.76. The van der Waals surface area contributed by atoms with Crippen molar-refractivity contribution < 1.29 is 4.79 Å². The van der Waals surface area contributed by atoms with Gasteiger partial charge in [-0.05, 0) is 42.2 Å². The maximum atomic E-state index is 12.2. The predicted octanol–water partition coefficient (Wildman–Crippen LogP) is 4.78. The lowest BCUT2D eigenvalue weighted by atomic mass is 10.1. The van der Waals surface area contributed by atoms with Crippen LogP contribution in [0.15, 0.2) is 48.5 Å². The number of carbonyl (C=O) groups excluding carboxylic acids is 1. The molecule has 3 nitrogen and oxygen atoms in total. The minimum absolute atomic E-state index is 0.0157. The van der Waals surface area contributed by atoms with Gasteiger partial charge in [-0.15, -0.1) is 0 Å². The molecule has 0 aliphatic rings. The van der Waals surface area contributed by atoms with E-state index in [1.54, 1.807) is 0 Å². The van der Waals surface area contributed by atoms with E-state index in [0.717, 1.165) is 49.0 Å². The van der Waals surface area contributed by atoms with Crippen LogP contribution < -0.4 is 10.6 Å². The second-order valence-corrected chi connectivity index (χ2v) is 6.03. The van der Waals surface area contributed by atoms with E-state index in [1.807, 2.05) is 24.3 Å². The summed E-state index contributed by atoms with van der Waals surface area (Å²) in [5, 5.41) is 6.47. The third-order valence-corrected chi connectivity index (χ3v) is 4.14. The van der Waals surface area contributed by atoms with E-state index in [9.17, 15) is 4.79 Å². The smallest absolute Gasteiger partial charge is 0.251 e. The van der Waals surface area contributed by atoms with Gasteiger partial charge in [0.1, 0.15) is 0 Å². The van der Waals surface area contributed by atoms with E-state index in [0.29, 0.717) is 6.54 Å². The zero-order chi connectivity index (χ0) is 17.2. The molecule has 0 atom stereocenters. The number of rotatable bonds is 9. The first-order valence-electron chi connectivity index (χ1n) is 8.93. The number of amides is 1. The van der Waals surface area contributed by atoms with Crippen molar-refractivity contribution >= 4 is 11.6 Å². The molecular weight excluding hydrogens is 296 g/mol. The molecule has 0 aliphatic carbocycles. The number of anilines is 1. The van der Waals surface area contributed by atoms with Gasteiger partial charge in [0.05, 0.1) is 0 Å². The third kappa shape index (κ3) is 5.41. The highest BCUT2D eigenvalue weighted by Crippen LogP contribution is 2.17. The largest absolute Gasteiger partial charge is 0.381 e. The maximum Gasteiger partial charge on any atom is 0.251 e. The normalized spacial score (nSPS) is 10.4. The van der Waals surface area contributed by atoms with Crippen LogP contribution in [0.1, 0.15) is 54.6 Å². The van der Waals surface area contributed by atoms with E-state index >= 15 is 0 Å². The van der Waals surface area contributed by atoms with Crippen LogP contribution in [0.3, 0.4) is 0 Å². The van der Waals surface area contributed by atoms with E-state index < -0.39 is 0 Å². The molecule has 0 bridgehead atoms. The standard InChI is InChI=1S/C21H28N2O/c1-3-5-8-14-22-21(24)19-12-9-10-17(15-19)16-23-20-13-7-6-11-18(20)4-2/h6-7,9-13,15,23H,3-5,8,14,16H2,1-2H3,(H,22,24). The average molecular weight is 324 g/mol. The number of aryl methyl sites for hydroxylation is 1. The van der Waals surface area contributed by atoms with Gasteiger partial charge in [0.15, 0.2) is 0 Å². The first-order chi connectivity index (χ1) is 11.7. The second-order valence-electron chi connectivity index (χ2n) is 6.03. The number of hydrogen-bond acceptors (Lipinski definition) is 2. The lowest BCUT2D eigenvalue weighted by molar-refractivity contribution is 0.0953. The highest BCUT2D eigenvalue weighted by Gasteiger charge is 2.06. The van der Waals surface area contributed by atoms with Crippen molar-refractivity contribution in [2.24, 2.45) is 0 Å². The molecule has 0 saturated carbocycles. The first-order valence-corrected chi connectivity index (χ1v) is 8.93. The number of unbranched alkanes of at least 4 members (excludes halogenated alkanes) is 2. The number of hydrogen-bond donors (Lipinski definition) is 2. The van der Waals surface area contributed by atoms with Crippen molar-refractivity contribution in [2.75, 3.05) is 11.9 Å². The monoisotopic (exact) mass is 324 g/mol. The van der Waals surface area contributed by atoms with Gasteiger partial charge >= 0.3 is 0 Å². The molecule has 1 amide bonds. The number of carbonyl (C=O) groups is 1. The summed E-state index contributed by atoms with van der Waals surface area (Å²) >= 11 is 0. The fourth-order valence-electron chi connectivity index (χ4n) is 2.70. The van der Waals surface area contributed by atoms with Crippen LogP contribution in [0.25, 0.3) is 0 Å². The number of nitrogens with one attached hydrogen (secondary N) is 2. The van der Waals surface area contributed by atoms with E-state index in [1.165, 1.54) is 5.56 Å². The van der Waals surface area contributed by atoms with Crippen LogP contribution in [0, 0.1) is 0 Å². The maximum absolute atomic E-state index is 12.2. The Kier molecular flexibility index (Phi) is 7.34. The lowest BCUT2D eigenvalue weighted by Gasteiger charge is -2.12. The van der Waals surface area contributed by atoms with Gasteiger partial charge in [-0.25, -0.2) is 0 Å². The van der Waals surface area contributed by atoms with Gasteiger partial charge in [-0.1, -0.05) is 57.0 Å². The van der Waals surface area contributed by atoms with Gasteiger partial charge in [-0.2, -0.15) is 0 Å². The number of benzene rings is 2. The summed E-state index contributed by atoms with van der Waals surface area (Å²) in [5.74, 6) is 0.0157. The van der Waals surface area contributed by atoms with Gasteiger partial charge in [-0.3, -0.25) is 4.79 Å². The first kappa shape index (κ1) is 18.1. The Labute approximate surface area is 145 Å². The molecule has 0 heterocycles. The Hall–Kier alpha value is -2.29. The summed E-state index contributed by atoms with van der Waals surface area (Å²) in [7, 11) is 0. The van der Waals surface area contributed by atoms with Gasteiger partial charge < -0.3 is 10.6 Å². The molecule has 0 unspecified atom stereocenters. The molecule has 0 aromatic heterocycles. The summed E-state index contributed by atoms with van der Waals surface area (Å²) < 4.78 is 0. The van der Waals surface area contributed by atoms with Crippen molar-refractivity contribution in [3.05, 3.63) is 65.2 Å². The Bertz CT molecular complexity index is 652. The SMILES string of the molecule is CCCCCNC(=O)c1cccc(CNc2ccccc2CC)c1. The van der Waals surface area contributed by atoms with Crippen molar-refractivity contribution in [3.8, 4) is 0 Å². The molecule has 128 valence electrons. The molecule has 0 spiro atoms. The molecule has 24 heavy (non-hydrogen) atoms. The number of para-hydroxylation sites is 1. The van der Waals surface area contributed by atoms with Crippen molar-refractivity contribution in [3.63, 3.8) is 0 Å². The van der Waals surface area contributed by atoms with Crippen LogP contribution in [0.4, 0.5) is 5.69 Å². The zero-order valence-corrected chi connectivity index (χ0v) is 14.8. The highest BCUT2D eigenvalue weighted by atomic mass is 16.1. The predicted molar refractivity (Wildman–Crippen MR) is 101 cm³/mol. The Morgan fingerprint density at radius 3 is 2.62 bits per heavy atom. The molecule has 2 N–H and O–H groups in total. The topological polar surface area (TPSA) is 41.1 Å². The molecule has 0 aliphatic heterocycles. The Balaban J connectivity index is 1.93. The molecular formula is C21H28N2O. The molecule has 0 saturated heterocycles. The van der Waals surface area contributed by atoms with E-state index in [4.69, 9.17) is 0 Å². The zero-order valence-electron chi connectivity index (χ0n) is 14.8. The van der Waals surface area contributed by atoms with E-state index in [-0.39, 0.29) is 5.91 Å². The third-order valence-electron chi connectivity index (χ3n) is 4.14. The Morgan fingerprint density at radius 1 is 1.00 bits per heavy atom. The molecule has 2 rings (SSSR count). The fourth-order valence-corrected chi connectivity index (χ4v) is 2.70. The average Bonchev–Trinajstić information content (AvgIpc) is 2.64. The summed E-state index contributed by atoms with van der Waals surface area (Å²) in [6.45, 7) is 5.78. The van der Waals surface area contributed by atoms with Crippen LogP contribution in [0.5, 0.6) is 0 Å². The van der Waals surface area contributed by atoms with Crippen molar-refractivity contribution in [1.29, 1.82) is 0 Å². The minimum Gasteiger partial charge on any atom is -0.381 e. The molecule has 3 heteroatoms. The molecule has 0 fully saturated rings. The summed E-state index contributed by atoms with van der Waals surface area (Å²) in [6.07, 6.45) is 4.36. The van der Waals surface area contributed by atoms with Crippen LogP contribution in [-0.2, 0) is 13.0 Å². The lowest BCUT2D eigenvalue weighted by Crippen LogP contribution is -2.24. The van der Waals surface area contributed by atoms with Crippen LogP contribution >= 0.6 is 0 Å².